The predicted molar refractivity (Wildman–Crippen MR) is 71.7 cm³/mol. The van der Waals surface area contributed by atoms with E-state index in [1.807, 2.05) is 24.3 Å². The van der Waals surface area contributed by atoms with Crippen LogP contribution in [0.4, 0.5) is 0 Å². The van der Waals surface area contributed by atoms with Crippen LogP contribution in [0.2, 0.25) is 5.02 Å². The molecule has 0 aliphatic carbocycles. The van der Waals surface area contributed by atoms with Crippen LogP contribution in [0.15, 0.2) is 29.2 Å². The number of thioether (sulfide) groups is 1. The number of rotatable bonds is 6. The van der Waals surface area contributed by atoms with Gasteiger partial charge in [0.15, 0.2) is 0 Å². The van der Waals surface area contributed by atoms with Gasteiger partial charge in [0.05, 0.1) is 7.11 Å². The van der Waals surface area contributed by atoms with Gasteiger partial charge in [0.1, 0.15) is 6.04 Å². The van der Waals surface area contributed by atoms with E-state index in [4.69, 9.17) is 16.3 Å². The van der Waals surface area contributed by atoms with Crippen LogP contribution < -0.4 is 5.32 Å². The lowest BCUT2D eigenvalue weighted by atomic mass is 10.2. The highest BCUT2D eigenvalue weighted by Gasteiger charge is 2.15. The number of methoxy groups -OCH3 is 1. The predicted octanol–water partition coefficient (Wildman–Crippen LogP) is 2.58. The molecular weight excluding hydrogens is 258 g/mol. The molecule has 0 aromatic heterocycles. The summed E-state index contributed by atoms with van der Waals surface area (Å²) in [6.45, 7) is 0. The van der Waals surface area contributed by atoms with Crippen LogP contribution in [0.5, 0.6) is 0 Å². The number of halogens is 1. The van der Waals surface area contributed by atoms with Crippen molar-refractivity contribution >= 4 is 29.3 Å². The third-order valence-corrected chi connectivity index (χ3v) is 3.62. The minimum atomic E-state index is -0.236. The summed E-state index contributed by atoms with van der Waals surface area (Å²) >= 11 is 7.49. The summed E-state index contributed by atoms with van der Waals surface area (Å²) in [6, 6.07) is 7.43. The van der Waals surface area contributed by atoms with Crippen molar-refractivity contribution in [1.82, 2.24) is 5.32 Å². The molecule has 1 N–H and O–H groups in total. The Morgan fingerprint density at radius 3 is 2.65 bits per heavy atom. The number of nitrogens with one attached hydrogen (secondary N) is 1. The number of likely N-dealkylation sites (N-methyl/N-ethyl adjacent to an activating group) is 1. The minimum Gasteiger partial charge on any atom is -0.468 e. The SMILES string of the molecule is CNC(CCSc1ccc(Cl)cc1)C(=O)OC. The Bertz CT molecular complexity index is 356. The van der Waals surface area contributed by atoms with Gasteiger partial charge >= 0.3 is 5.97 Å². The molecule has 1 unspecified atom stereocenters. The lowest BCUT2D eigenvalue weighted by Crippen LogP contribution is -2.35. The topological polar surface area (TPSA) is 38.3 Å². The number of benzene rings is 1. The van der Waals surface area contributed by atoms with Crippen molar-refractivity contribution in [3.63, 3.8) is 0 Å². The molecule has 1 aromatic rings. The van der Waals surface area contributed by atoms with Crippen LogP contribution in [0.25, 0.3) is 0 Å². The number of carbonyl (C=O) groups is 1. The molecule has 1 rings (SSSR count). The largest absolute Gasteiger partial charge is 0.468 e. The highest BCUT2D eigenvalue weighted by Crippen LogP contribution is 2.21. The van der Waals surface area contributed by atoms with Crippen molar-refractivity contribution in [3.8, 4) is 0 Å². The smallest absolute Gasteiger partial charge is 0.322 e. The average molecular weight is 274 g/mol. The maximum Gasteiger partial charge on any atom is 0.322 e. The molecule has 0 spiro atoms. The fourth-order valence-electron chi connectivity index (χ4n) is 1.35. The van der Waals surface area contributed by atoms with E-state index in [9.17, 15) is 4.79 Å². The third-order valence-electron chi connectivity index (χ3n) is 2.32. The molecule has 0 radical (unpaired) electrons. The van der Waals surface area contributed by atoms with Gasteiger partial charge in [0, 0.05) is 15.7 Å². The zero-order valence-corrected chi connectivity index (χ0v) is 11.5. The first kappa shape index (κ1) is 14.4. The van der Waals surface area contributed by atoms with Crippen LogP contribution in [0.1, 0.15) is 6.42 Å². The van der Waals surface area contributed by atoms with Crippen molar-refractivity contribution in [2.75, 3.05) is 19.9 Å². The normalized spacial score (nSPS) is 12.2. The van der Waals surface area contributed by atoms with E-state index in [0.29, 0.717) is 0 Å². The summed E-state index contributed by atoms with van der Waals surface area (Å²) in [5.74, 6) is 0.631. The van der Waals surface area contributed by atoms with Gasteiger partial charge in [-0.2, -0.15) is 0 Å². The maximum absolute atomic E-state index is 11.3. The zero-order chi connectivity index (χ0) is 12.7. The Hall–Kier alpha value is -0.710. The molecule has 0 bridgehead atoms. The van der Waals surface area contributed by atoms with Gasteiger partial charge in [-0.15, -0.1) is 11.8 Å². The molecule has 0 saturated carbocycles. The third kappa shape index (κ3) is 4.98. The Morgan fingerprint density at radius 2 is 2.12 bits per heavy atom. The van der Waals surface area contributed by atoms with E-state index >= 15 is 0 Å². The highest BCUT2D eigenvalue weighted by atomic mass is 35.5. The zero-order valence-electron chi connectivity index (χ0n) is 9.90. The van der Waals surface area contributed by atoms with Crippen molar-refractivity contribution in [2.45, 2.75) is 17.4 Å². The van der Waals surface area contributed by atoms with Gasteiger partial charge in [-0.25, -0.2) is 0 Å². The molecule has 0 saturated heterocycles. The van der Waals surface area contributed by atoms with Crippen molar-refractivity contribution in [2.24, 2.45) is 0 Å². The first-order valence-corrected chi connectivity index (χ1v) is 6.67. The second kappa shape index (κ2) is 7.58. The molecule has 17 heavy (non-hydrogen) atoms. The number of hydrogen-bond acceptors (Lipinski definition) is 4. The molecule has 1 aromatic carbocycles. The lowest BCUT2D eigenvalue weighted by molar-refractivity contribution is -0.143. The summed E-state index contributed by atoms with van der Waals surface area (Å²) < 4.78 is 4.69. The molecule has 94 valence electrons. The van der Waals surface area contributed by atoms with Crippen molar-refractivity contribution in [3.05, 3.63) is 29.3 Å². The monoisotopic (exact) mass is 273 g/mol. The number of ether oxygens (including phenoxy) is 1. The van der Waals surface area contributed by atoms with Crippen molar-refractivity contribution < 1.29 is 9.53 Å². The molecule has 0 heterocycles. The quantitative estimate of drug-likeness (QED) is 0.639. The van der Waals surface area contributed by atoms with E-state index in [1.54, 1.807) is 18.8 Å². The van der Waals surface area contributed by atoms with Gasteiger partial charge in [0.2, 0.25) is 0 Å². The summed E-state index contributed by atoms with van der Waals surface area (Å²) in [5.41, 5.74) is 0. The van der Waals surface area contributed by atoms with Gasteiger partial charge in [-0.05, 0) is 37.7 Å². The first-order chi connectivity index (χ1) is 8.17. The number of hydrogen-bond donors (Lipinski definition) is 1. The Kier molecular flexibility index (Phi) is 6.40. The average Bonchev–Trinajstić information content (AvgIpc) is 2.36. The summed E-state index contributed by atoms with van der Waals surface area (Å²) in [5, 5.41) is 3.67. The fourth-order valence-corrected chi connectivity index (χ4v) is 2.39. The Labute approximate surface area is 111 Å². The van der Waals surface area contributed by atoms with E-state index in [1.165, 1.54) is 7.11 Å². The number of carbonyl (C=O) groups excluding carboxylic acids is 1. The first-order valence-electron chi connectivity index (χ1n) is 5.31. The van der Waals surface area contributed by atoms with Gasteiger partial charge < -0.3 is 10.1 Å². The highest BCUT2D eigenvalue weighted by molar-refractivity contribution is 7.99. The van der Waals surface area contributed by atoms with Crippen LogP contribution >= 0.6 is 23.4 Å². The Morgan fingerprint density at radius 1 is 1.47 bits per heavy atom. The summed E-state index contributed by atoms with van der Waals surface area (Å²) in [7, 11) is 3.16. The van der Waals surface area contributed by atoms with Crippen LogP contribution in [-0.4, -0.2) is 31.9 Å². The van der Waals surface area contributed by atoms with Gasteiger partial charge in [-0.1, -0.05) is 11.6 Å². The molecule has 1 atom stereocenters. The molecule has 5 heteroatoms. The van der Waals surface area contributed by atoms with E-state index in [-0.39, 0.29) is 12.0 Å². The van der Waals surface area contributed by atoms with Crippen LogP contribution in [-0.2, 0) is 9.53 Å². The summed E-state index contributed by atoms with van der Waals surface area (Å²) in [4.78, 5) is 12.5. The van der Waals surface area contributed by atoms with E-state index in [2.05, 4.69) is 5.32 Å². The lowest BCUT2D eigenvalue weighted by Gasteiger charge is -2.12. The Balaban J connectivity index is 2.36. The maximum atomic E-state index is 11.3. The van der Waals surface area contributed by atoms with E-state index < -0.39 is 0 Å². The second-order valence-corrected chi connectivity index (χ2v) is 5.06. The second-order valence-electron chi connectivity index (χ2n) is 3.46. The van der Waals surface area contributed by atoms with Crippen molar-refractivity contribution in [1.29, 1.82) is 0 Å². The van der Waals surface area contributed by atoms with Crippen LogP contribution in [0.3, 0.4) is 0 Å². The van der Waals surface area contributed by atoms with Crippen LogP contribution in [0, 0.1) is 0 Å². The van der Waals surface area contributed by atoms with E-state index in [0.717, 1.165) is 22.1 Å². The minimum absolute atomic E-state index is 0.218. The molecule has 0 aliphatic heterocycles. The molecule has 3 nitrogen and oxygen atoms in total. The summed E-state index contributed by atoms with van der Waals surface area (Å²) in [6.07, 6.45) is 0.733. The molecule has 0 fully saturated rings. The molecular formula is C12H16ClNO2S. The van der Waals surface area contributed by atoms with Gasteiger partial charge in [-0.3, -0.25) is 4.79 Å². The fraction of sp³-hybridized carbons (Fsp3) is 0.417. The molecule has 0 amide bonds. The van der Waals surface area contributed by atoms with Gasteiger partial charge in [0.25, 0.3) is 0 Å². The number of esters is 1. The molecule has 0 aliphatic rings. The standard InChI is InChI=1S/C12H16ClNO2S/c1-14-11(12(15)16-2)7-8-17-10-5-3-9(13)4-6-10/h3-6,11,14H,7-8H2,1-2H3.